The summed E-state index contributed by atoms with van der Waals surface area (Å²) < 4.78 is 25.1. The third-order valence-corrected chi connectivity index (χ3v) is 6.98. The number of benzene rings is 1. The molecule has 1 saturated heterocycles. The number of fused-ring (bicyclic) bond motifs is 3. The van der Waals surface area contributed by atoms with E-state index in [1.165, 1.54) is 23.9 Å². The van der Waals surface area contributed by atoms with Crippen LogP contribution in [0.15, 0.2) is 29.4 Å². The number of thioether (sulfide) groups is 1. The van der Waals surface area contributed by atoms with E-state index in [2.05, 4.69) is 10.1 Å². The van der Waals surface area contributed by atoms with E-state index in [-0.39, 0.29) is 28.5 Å². The summed E-state index contributed by atoms with van der Waals surface area (Å²) in [6.45, 7) is 0. The summed E-state index contributed by atoms with van der Waals surface area (Å²) in [5.74, 6) is 0.723. The summed E-state index contributed by atoms with van der Waals surface area (Å²) in [4.78, 5) is 14.6. The van der Waals surface area contributed by atoms with Crippen LogP contribution in [0.2, 0.25) is 0 Å². The highest BCUT2D eigenvalue weighted by atomic mass is 32.2. The zero-order chi connectivity index (χ0) is 15.5. The predicted octanol–water partition coefficient (Wildman–Crippen LogP) is 1.30. The maximum atomic E-state index is 11.7. The average molecular weight is 338 g/mol. The standard InChI is InChI=1S/C12H10N4O4S2/c17-16(18)8-3-1-7(2-4-8)11-13-12-15(14-11)9-5-22(19,20)6-10(9)21-12/h1-4,9-10H,5-6H2. The number of nitro benzene ring substituents is 1. The molecular weight excluding hydrogens is 328 g/mol. The molecule has 0 N–H and O–H groups in total. The number of sulfone groups is 1. The molecule has 0 aliphatic carbocycles. The van der Waals surface area contributed by atoms with Crippen LogP contribution in [0.3, 0.4) is 0 Å². The van der Waals surface area contributed by atoms with Crippen molar-refractivity contribution in [2.24, 2.45) is 0 Å². The van der Waals surface area contributed by atoms with E-state index in [0.717, 1.165) is 0 Å². The number of rotatable bonds is 2. The predicted molar refractivity (Wildman–Crippen MR) is 79.4 cm³/mol. The Kier molecular flexibility index (Phi) is 2.82. The molecule has 0 amide bonds. The average Bonchev–Trinajstić information content (AvgIpc) is 3.07. The van der Waals surface area contributed by atoms with Gasteiger partial charge in [0.2, 0.25) is 0 Å². The summed E-state index contributed by atoms with van der Waals surface area (Å²) in [6, 6.07) is 5.83. The highest BCUT2D eigenvalue weighted by molar-refractivity contribution is 8.02. The van der Waals surface area contributed by atoms with Crippen LogP contribution < -0.4 is 0 Å². The van der Waals surface area contributed by atoms with Crippen molar-refractivity contribution in [1.82, 2.24) is 14.8 Å². The monoisotopic (exact) mass is 338 g/mol. The summed E-state index contributed by atoms with van der Waals surface area (Å²) in [6.07, 6.45) is 0. The molecule has 0 spiro atoms. The van der Waals surface area contributed by atoms with E-state index in [4.69, 9.17) is 0 Å². The smallest absolute Gasteiger partial charge is 0.258 e. The molecule has 114 valence electrons. The second-order valence-corrected chi connectivity index (χ2v) is 8.63. The lowest BCUT2D eigenvalue weighted by atomic mass is 10.2. The normalized spacial score (nSPS) is 24.9. The van der Waals surface area contributed by atoms with E-state index < -0.39 is 14.8 Å². The van der Waals surface area contributed by atoms with Gasteiger partial charge in [0.15, 0.2) is 20.8 Å². The molecule has 2 aliphatic heterocycles. The zero-order valence-electron chi connectivity index (χ0n) is 11.1. The van der Waals surface area contributed by atoms with Gasteiger partial charge in [-0.3, -0.25) is 10.1 Å². The van der Waals surface area contributed by atoms with Gasteiger partial charge in [-0.15, -0.1) is 5.10 Å². The van der Waals surface area contributed by atoms with Gasteiger partial charge in [0.25, 0.3) is 5.69 Å². The van der Waals surface area contributed by atoms with E-state index >= 15 is 0 Å². The highest BCUT2D eigenvalue weighted by Gasteiger charge is 2.46. The molecule has 2 unspecified atom stereocenters. The first kappa shape index (κ1) is 13.7. The van der Waals surface area contributed by atoms with Crippen LogP contribution in [0, 0.1) is 10.1 Å². The van der Waals surface area contributed by atoms with Crippen molar-refractivity contribution in [3.63, 3.8) is 0 Å². The van der Waals surface area contributed by atoms with Crippen molar-refractivity contribution in [1.29, 1.82) is 0 Å². The largest absolute Gasteiger partial charge is 0.269 e. The fourth-order valence-electron chi connectivity index (χ4n) is 2.73. The fourth-order valence-corrected chi connectivity index (χ4v) is 6.56. The fraction of sp³-hybridized carbons (Fsp3) is 0.333. The van der Waals surface area contributed by atoms with Gasteiger partial charge >= 0.3 is 0 Å². The quantitative estimate of drug-likeness (QED) is 0.600. The van der Waals surface area contributed by atoms with Crippen LogP contribution in [-0.2, 0) is 9.84 Å². The molecule has 22 heavy (non-hydrogen) atoms. The van der Waals surface area contributed by atoms with Gasteiger partial charge in [0, 0.05) is 17.7 Å². The lowest BCUT2D eigenvalue weighted by molar-refractivity contribution is -0.384. The Balaban J connectivity index is 1.67. The molecule has 0 radical (unpaired) electrons. The Bertz CT molecular complexity index is 875. The summed E-state index contributed by atoms with van der Waals surface area (Å²) in [5, 5.41) is 15.8. The van der Waals surface area contributed by atoms with Crippen LogP contribution >= 0.6 is 11.8 Å². The van der Waals surface area contributed by atoms with E-state index in [9.17, 15) is 18.5 Å². The second kappa shape index (κ2) is 4.53. The Morgan fingerprint density at radius 3 is 2.68 bits per heavy atom. The molecule has 4 rings (SSSR count). The maximum Gasteiger partial charge on any atom is 0.269 e. The molecule has 0 bridgehead atoms. The van der Waals surface area contributed by atoms with Gasteiger partial charge in [0.1, 0.15) is 0 Å². The van der Waals surface area contributed by atoms with Crippen LogP contribution in [0.4, 0.5) is 5.69 Å². The topological polar surface area (TPSA) is 108 Å². The van der Waals surface area contributed by atoms with Crippen molar-refractivity contribution in [2.45, 2.75) is 16.4 Å². The van der Waals surface area contributed by atoms with Crippen molar-refractivity contribution >= 4 is 27.3 Å². The molecule has 2 atom stereocenters. The Labute approximate surface area is 129 Å². The Hall–Kier alpha value is -1.94. The lowest BCUT2D eigenvalue weighted by Gasteiger charge is -2.06. The Morgan fingerprint density at radius 2 is 2.00 bits per heavy atom. The molecule has 1 aromatic carbocycles. The molecule has 0 saturated carbocycles. The number of nitrogens with zero attached hydrogens (tertiary/aromatic N) is 4. The Morgan fingerprint density at radius 1 is 1.27 bits per heavy atom. The maximum absolute atomic E-state index is 11.7. The second-order valence-electron chi connectivity index (χ2n) is 5.27. The number of hydrogen-bond donors (Lipinski definition) is 0. The van der Waals surface area contributed by atoms with Crippen LogP contribution in [-0.4, -0.2) is 44.9 Å². The molecular formula is C12H10N4O4S2. The molecule has 2 aromatic rings. The SMILES string of the molecule is O=[N+]([O-])c1ccc(-c2nc3n(n2)C2CS(=O)(=O)CC2S3)cc1. The lowest BCUT2D eigenvalue weighted by Crippen LogP contribution is -2.14. The van der Waals surface area contributed by atoms with Gasteiger partial charge in [-0.2, -0.15) is 0 Å². The number of aromatic nitrogens is 3. The molecule has 2 aliphatic rings. The van der Waals surface area contributed by atoms with Crippen LogP contribution in [0.1, 0.15) is 6.04 Å². The van der Waals surface area contributed by atoms with Gasteiger partial charge in [-0.1, -0.05) is 11.8 Å². The van der Waals surface area contributed by atoms with Crippen LogP contribution in [0.5, 0.6) is 0 Å². The highest BCUT2D eigenvalue weighted by Crippen LogP contribution is 2.44. The minimum Gasteiger partial charge on any atom is -0.258 e. The van der Waals surface area contributed by atoms with Gasteiger partial charge in [0.05, 0.1) is 27.7 Å². The van der Waals surface area contributed by atoms with Gasteiger partial charge in [-0.25, -0.2) is 18.1 Å². The molecule has 10 heteroatoms. The number of non-ortho nitro benzene ring substituents is 1. The van der Waals surface area contributed by atoms with E-state index in [0.29, 0.717) is 16.5 Å². The van der Waals surface area contributed by atoms with Gasteiger partial charge in [-0.05, 0) is 12.1 Å². The first-order valence-electron chi connectivity index (χ1n) is 6.51. The van der Waals surface area contributed by atoms with Gasteiger partial charge < -0.3 is 0 Å². The minimum absolute atomic E-state index is 0.00632. The van der Waals surface area contributed by atoms with E-state index in [1.807, 2.05) is 0 Å². The van der Waals surface area contributed by atoms with Crippen molar-refractivity contribution in [3.8, 4) is 11.4 Å². The summed E-state index contributed by atoms with van der Waals surface area (Å²) >= 11 is 1.43. The molecule has 8 nitrogen and oxygen atoms in total. The molecule has 1 aromatic heterocycles. The minimum atomic E-state index is -3.00. The zero-order valence-corrected chi connectivity index (χ0v) is 12.7. The first-order chi connectivity index (χ1) is 10.4. The number of hydrogen-bond acceptors (Lipinski definition) is 7. The summed E-state index contributed by atoms with van der Waals surface area (Å²) in [7, 11) is -3.00. The van der Waals surface area contributed by atoms with Crippen molar-refractivity contribution in [2.75, 3.05) is 11.5 Å². The van der Waals surface area contributed by atoms with Crippen LogP contribution in [0.25, 0.3) is 11.4 Å². The van der Waals surface area contributed by atoms with Crippen molar-refractivity contribution < 1.29 is 13.3 Å². The first-order valence-corrected chi connectivity index (χ1v) is 9.21. The third kappa shape index (κ3) is 2.10. The molecule has 1 fully saturated rings. The third-order valence-electron chi connectivity index (χ3n) is 3.78. The van der Waals surface area contributed by atoms with E-state index in [1.54, 1.807) is 16.8 Å². The summed E-state index contributed by atoms with van der Waals surface area (Å²) in [5.41, 5.74) is 0.678. The van der Waals surface area contributed by atoms with Crippen molar-refractivity contribution in [3.05, 3.63) is 34.4 Å². The number of nitro groups is 1. The molecule has 3 heterocycles.